The molecule has 0 spiro atoms. The maximum Gasteiger partial charge on any atom is 0.0656 e. The van der Waals surface area contributed by atoms with E-state index in [0.29, 0.717) is 0 Å². The van der Waals surface area contributed by atoms with Crippen LogP contribution in [0.15, 0.2) is 12.1 Å². The van der Waals surface area contributed by atoms with Gasteiger partial charge in [0, 0.05) is 9.30 Å². The molecule has 0 N–H and O–H groups in total. The van der Waals surface area contributed by atoms with Crippen LogP contribution in [-0.4, -0.2) is 0 Å². The number of thiophene rings is 1. The van der Waals surface area contributed by atoms with Crippen molar-refractivity contribution in [2.24, 2.45) is 0 Å². The van der Waals surface area contributed by atoms with Crippen molar-refractivity contribution in [3.63, 3.8) is 0 Å². The highest BCUT2D eigenvalue weighted by molar-refractivity contribution is 14.1. The molecule has 1 rings (SSSR count). The van der Waals surface area contributed by atoms with Crippen LogP contribution in [-0.2, 0) is 4.43 Å². The lowest BCUT2D eigenvalue weighted by molar-refractivity contribution is 1.61. The molecule has 0 aromatic carbocycles. The van der Waals surface area contributed by atoms with Crippen LogP contribution >= 0.6 is 56.5 Å². The summed E-state index contributed by atoms with van der Waals surface area (Å²) in [6, 6.07) is 4.33. The molecule has 0 aliphatic rings. The van der Waals surface area contributed by atoms with Gasteiger partial charge >= 0.3 is 0 Å². The normalized spacial score (nSPS) is 9.75. The highest BCUT2D eigenvalue weighted by Gasteiger charge is 1.91. The largest absolute Gasteiger partial charge is 0.133 e. The van der Waals surface area contributed by atoms with Gasteiger partial charge in [0.2, 0.25) is 0 Å². The molecule has 0 saturated heterocycles. The van der Waals surface area contributed by atoms with Gasteiger partial charge in [0.25, 0.3) is 0 Å². The topological polar surface area (TPSA) is 0 Å². The Morgan fingerprint density at radius 1 is 1.50 bits per heavy atom. The molecule has 0 radical (unpaired) electrons. The number of rotatable bonds is 1. The first-order chi connectivity index (χ1) is 3.83. The summed E-state index contributed by atoms with van der Waals surface area (Å²) in [6.45, 7) is 0. The van der Waals surface area contributed by atoms with E-state index in [1.165, 1.54) is 7.76 Å². The van der Waals surface area contributed by atoms with Crippen molar-refractivity contribution in [2.75, 3.05) is 0 Å². The highest BCUT2D eigenvalue weighted by atomic mass is 127. The Hall–Kier alpha value is 1.16. The molecule has 0 aliphatic heterocycles. The lowest BCUT2D eigenvalue weighted by Crippen LogP contribution is -1.57. The van der Waals surface area contributed by atoms with Crippen molar-refractivity contribution in [3.05, 3.63) is 19.9 Å². The Morgan fingerprint density at radius 3 is 2.50 bits per heavy atom. The van der Waals surface area contributed by atoms with E-state index >= 15 is 0 Å². The molecule has 8 heavy (non-hydrogen) atoms. The monoisotopic (exact) mass is 350 g/mol. The van der Waals surface area contributed by atoms with E-state index in [4.69, 9.17) is 0 Å². The summed E-state index contributed by atoms with van der Waals surface area (Å²) < 4.78 is 2.53. The molecular weight excluding hydrogens is 346 g/mol. The fraction of sp³-hybridized carbons (Fsp3) is 0.200. The third kappa shape index (κ3) is 1.84. The van der Waals surface area contributed by atoms with E-state index in [-0.39, 0.29) is 0 Å². The van der Waals surface area contributed by atoms with E-state index in [2.05, 4.69) is 57.3 Å². The predicted molar refractivity (Wildman–Crippen MR) is 54.8 cm³/mol. The second-order valence-electron chi connectivity index (χ2n) is 1.34. The van der Waals surface area contributed by atoms with Crippen LogP contribution < -0.4 is 0 Å². The van der Waals surface area contributed by atoms with Gasteiger partial charge in [-0.05, 0) is 34.7 Å². The minimum absolute atomic E-state index is 1.14. The summed E-state index contributed by atoms with van der Waals surface area (Å²) in [4.78, 5) is 1.47. The molecule has 0 saturated carbocycles. The van der Waals surface area contributed by atoms with E-state index in [1.54, 1.807) is 0 Å². The van der Waals surface area contributed by atoms with Gasteiger partial charge in [-0.25, -0.2) is 0 Å². The zero-order chi connectivity index (χ0) is 5.98. The first kappa shape index (κ1) is 7.27. The van der Waals surface area contributed by atoms with E-state index in [9.17, 15) is 0 Å². The molecule has 0 nitrogen and oxygen atoms in total. The van der Waals surface area contributed by atoms with E-state index in [1.807, 2.05) is 11.3 Å². The first-order valence-corrected chi connectivity index (χ1v) is 5.55. The maximum absolute atomic E-state index is 2.37. The summed E-state index contributed by atoms with van der Waals surface area (Å²) in [5, 5.41) is 0. The van der Waals surface area contributed by atoms with Crippen LogP contribution in [0.5, 0.6) is 0 Å². The minimum Gasteiger partial charge on any atom is -0.133 e. The van der Waals surface area contributed by atoms with Gasteiger partial charge in [0.05, 0.1) is 2.88 Å². The first-order valence-electron chi connectivity index (χ1n) is 2.13. The highest BCUT2D eigenvalue weighted by Crippen LogP contribution is 2.19. The summed E-state index contributed by atoms with van der Waals surface area (Å²) in [7, 11) is 0. The fourth-order valence-corrected chi connectivity index (χ4v) is 2.75. The Bertz CT molecular complexity index is 171. The second kappa shape index (κ2) is 3.36. The summed E-state index contributed by atoms with van der Waals surface area (Å²) in [6.07, 6.45) is 0. The van der Waals surface area contributed by atoms with Gasteiger partial charge in [-0.3, -0.25) is 0 Å². The molecule has 0 unspecified atom stereocenters. The maximum atomic E-state index is 2.37. The van der Waals surface area contributed by atoms with Crippen molar-refractivity contribution in [2.45, 2.75) is 4.43 Å². The van der Waals surface area contributed by atoms with Crippen molar-refractivity contribution >= 4 is 56.5 Å². The Morgan fingerprint density at radius 2 is 2.25 bits per heavy atom. The quantitative estimate of drug-likeness (QED) is 0.539. The van der Waals surface area contributed by atoms with Crippen molar-refractivity contribution < 1.29 is 0 Å². The zero-order valence-electron chi connectivity index (χ0n) is 4.03. The molecule has 1 aromatic rings. The lowest BCUT2D eigenvalue weighted by atomic mass is 10.5. The Labute approximate surface area is 80.0 Å². The molecule has 3 heteroatoms. The molecule has 1 heterocycles. The summed E-state index contributed by atoms with van der Waals surface area (Å²) in [5.41, 5.74) is 0. The van der Waals surface area contributed by atoms with Crippen LogP contribution in [0.1, 0.15) is 4.88 Å². The summed E-state index contributed by atoms with van der Waals surface area (Å²) >= 11 is 6.58. The molecule has 1 aromatic heterocycles. The number of halogens is 2. The zero-order valence-corrected chi connectivity index (χ0v) is 9.16. The third-order valence-corrected chi connectivity index (χ3v) is 3.99. The average Bonchev–Trinajstić information content (AvgIpc) is 2.14. The van der Waals surface area contributed by atoms with Crippen LogP contribution in [0.2, 0.25) is 0 Å². The standard InChI is InChI=1S/C5H4I2S/c6-3-4-1-2-5(7)8-4/h1-2H,3H2. The van der Waals surface area contributed by atoms with Crippen molar-refractivity contribution in [1.29, 1.82) is 0 Å². The smallest absolute Gasteiger partial charge is 0.0656 e. The lowest BCUT2D eigenvalue weighted by Gasteiger charge is -1.78. The van der Waals surface area contributed by atoms with Crippen LogP contribution in [0, 0.1) is 2.88 Å². The molecule has 0 fully saturated rings. The van der Waals surface area contributed by atoms with E-state index in [0.717, 1.165) is 4.43 Å². The molecule has 0 aliphatic carbocycles. The molecular formula is C5H4I2S. The molecule has 0 bridgehead atoms. The molecule has 0 amide bonds. The predicted octanol–water partition coefficient (Wildman–Crippen LogP) is 3.29. The summed E-state index contributed by atoms with van der Waals surface area (Å²) in [5.74, 6) is 0. The number of alkyl halides is 1. The van der Waals surface area contributed by atoms with Crippen molar-refractivity contribution in [1.82, 2.24) is 0 Å². The molecule has 0 atom stereocenters. The second-order valence-corrected chi connectivity index (χ2v) is 5.16. The fourth-order valence-electron chi connectivity index (χ4n) is 0.424. The van der Waals surface area contributed by atoms with Gasteiger partial charge in [-0.1, -0.05) is 22.6 Å². The van der Waals surface area contributed by atoms with Gasteiger partial charge in [-0.15, -0.1) is 11.3 Å². The van der Waals surface area contributed by atoms with E-state index < -0.39 is 0 Å². The molecule has 44 valence electrons. The van der Waals surface area contributed by atoms with Gasteiger partial charge in [0.1, 0.15) is 0 Å². The number of hydrogen-bond acceptors (Lipinski definition) is 1. The SMILES string of the molecule is ICc1ccc(I)s1. The van der Waals surface area contributed by atoms with Crippen LogP contribution in [0.25, 0.3) is 0 Å². The van der Waals surface area contributed by atoms with Crippen molar-refractivity contribution in [3.8, 4) is 0 Å². The van der Waals surface area contributed by atoms with Crippen LogP contribution in [0.3, 0.4) is 0 Å². The van der Waals surface area contributed by atoms with Crippen LogP contribution in [0.4, 0.5) is 0 Å². The Kier molecular flexibility index (Phi) is 3.05. The van der Waals surface area contributed by atoms with Gasteiger partial charge < -0.3 is 0 Å². The average molecular weight is 350 g/mol. The number of hydrogen-bond donors (Lipinski definition) is 0. The van der Waals surface area contributed by atoms with Gasteiger partial charge in [0.15, 0.2) is 0 Å². The Balaban J connectivity index is 2.84. The minimum atomic E-state index is 1.14. The third-order valence-electron chi connectivity index (χ3n) is 0.761. The van der Waals surface area contributed by atoms with Gasteiger partial charge in [-0.2, -0.15) is 0 Å².